The predicted molar refractivity (Wildman–Crippen MR) is 119 cm³/mol. The maximum atomic E-state index is 13.8. The number of nitrogens with two attached hydrogens (primary N) is 1. The molecule has 0 bridgehead atoms. The van der Waals surface area contributed by atoms with E-state index in [1.165, 1.54) is 17.8 Å². The largest absolute Gasteiger partial charge is 0.323 e. The molecule has 4 unspecified atom stereocenters. The number of carbonyl (C=O) groups excluding carboxylic acids is 1. The number of benzene rings is 1. The molecule has 0 aliphatic heterocycles. The lowest BCUT2D eigenvalue weighted by atomic mass is 9.88. The fourth-order valence-corrected chi connectivity index (χ4v) is 5.71. The number of anilines is 1. The number of nitrogens with one attached hydrogen (secondary N) is 1. The molecule has 7 heteroatoms. The molecule has 2 aliphatic carbocycles. The van der Waals surface area contributed by atoms with E-state index in [2.05, 4.69) is 15.3 Å². The third kappa shape index (κ3) is 4.02. The van der Waals surface area contributed by atoms with Crippen molar-refractivity contribution in [3.8, 4) is 0 Å². The average molecular weight is 439 g/mol. The van der Waals surface area contributed by atoms with Gasteiger partial charge in [0.05, 0.1) is 23.4 Å². The van der Waals surface area contributed by atoms with E-state index in [9.17, 15) is 9.18 Å². The fourth-order valence-electron chi connectivity index (χ4n) is 5.60. The van der Waals surface area contributed by atoms with Gasteiger partial charge in [0, 0.05) is 11.6 Å². The van der Waals surface area contributed by atoms with Gasteiger partial charge in [-0.05, 0) is 91.3 Å². The summed E-state index contributed by atoms with van der Waals surface area (Å²) < 4.78 is 13.8. The summed E-state index contributed by atoms with van der Waals surface area (Å²) >= 11 is 5.79. The Kier molecular flexibility index (Phi) is 5.36. The molecule has 2 saturated carbocycles. The molecule has 1 amide bonds. The smallest absolute Gasteiger partial charge is 0.241 e. The quantitative estimate of drug-likeness (QED) is 0.567. The maximum Gasteiger partial charge on any atom is 0.241 e. The van der Waals surface area contributed by atoms with Crippen molar-refractivity contribution in [2.75, 3.05) is 5.32 Å². The van der Waals surface area contributed by atoms with E-state index < -0.39 is 6.04 Å². The zero-order valence-corrected chi connectivity index (χ0v) is 17.7. The van der Waals surface area contributed by atoms with Crippen LogP contribution in [0.5, 0.6) is 0 Å². The van der Waals surface area contributed by atoms with Gasteiger partial charge in [0.25, 0.3) is 0 Å². The minimum Gasteiger partial charge on any atom is -0.323 e. The Morgan fingerprint density at radius 3 is 2.58 bits per heavy atom. The third-order valence-electron chi connectivity index (χ3n) is 7.03. The fraction of sp³-hybridized carbons (Fsp3) is 0.375. The molecule has 2 aliphatic rings. The van der Waals surface area contributed by atoms with Crippen molar-refractivity contribution in [2.24, 2.45) is 23.5 Å². The molecule has 160 valence electrons. The first-order chi connectivity index (χ1) is 15.0. The van der Waals surface area contributed by atoms with E-state index >= 15 is 0 Å². The van der Waals surface area contributed by atoms with Crippen molar-refractivity contribution < 1.29 is 9.18 Å². The minimum absolute atomic E-state index is 0.169. The van der Waals surface area contributed by atoms with Crippen LogP contribution < -0.4 is 11.1 Å². The second-order valence-corrected chi connectivity index (χ2v) is 9.25. The number of pyridine rings is 2. The molecule has 3 aromatic rings. The number of rotatable bonds is 4. The summed E-state index contributed by atoms with van der Waals surface area (Å²) in [6, 6.07) is 9.64. The van der Waals surface area contributed by atoms with Gasteiger partial charge in [-0.15, -0.1) is 0 Å². The molecule has 5 nitrogen and oxygen atoms in total. The molecule has 1 aromatic carbocycles. The number of carbonyl (C=O) groups is 1. The summed E-state index contributed by atoms with van der Waals surface area (Å²) in [5.41, 5.74) is 8.95. The van der Waals surface area contributed by atoms with E-state index in [1.807, 2.05) is 12.3 Å². The average Bonchev–Trinajstić information content (AvgIpc) is 3.33. The summed E-state index contributed by atoms with van der Waals surface area (Å²) in [6.07, 6.45) is 7.34. The first kappa shape index (κ1) is 20.3. The van der Waals surface area contributed by atoms with Crippen molar-refractivity contribution in [2.45, 2.75) is 37.6 Å². The van der Waals surface area contributed by atoms with E-state index in [-0.39, 0.29) is 17.6 Å². The van der Waals surface area contributed by atoms with Crippen molar-refractivity contribution in [1.29, 1.82) is 0 Å². The Balaban J connectivity index is 1.24. The van der Waals surface area contributed by atoms with Crippen LogP contribution in [0.15, 0.2) is 48.8 Å². The second kappa shape index (κ2) is 8.17. The van der Waals surface area contributed by atoms with Crippen LogP contribution in [-0.2, 0) is 4.79 Å². The van der Waals surface area contributed by atoms with Gasteiger partial charge in [-0.1, -0.05) is 11.6 Å². The van der Waals surface area contributed by atoms with Crippen LogP contribution >= 0.6 is 11.6 Å². The zero-order chi connectivity index (χ0) is 21.5. The van der Waals surface area contributed by atoms with Crippen LogP contribution in [0.1, 0.15) is 37.2 Å². The molecule has 2 aromatic heterocycles. The lowest BCUT2D eigenvalue weighted by Crippen LogP contribution is -2.41. The summed E-state index contributed by atoms with van der Waals surface area (Å²) in [6.45, 7) is 0. The Morgan fingerprint density at radius 2 is 1.87 bits per heavy atom. The second-order valence-electron chi connectivity index (χ2n) is 8.87. The maximum absolute atomic E-state index is 13.8. The van der Waals surface area contributed by atoms with Crippen LogP contribution in [0, 0.1) is 23.6 Å². The SMILES string of the molecule is NC(C(=O)Nc1ccc(Cl)nc1)C1CC2CC(c3ccnc4ccc(F)cc34)C[C@@H]2C1. The molecule has 0 saturated heterocycles. The van der Waals surface area contributed by atoms with Crippen LogP contribution in [0.25, 0.3) is 10.9 Å². The third-order valence-corrected chi connectivity index (χ3v) is 7.26. The van der Waals surface area contributed by atoms with Gasteiger partial charge in [-0.2, -0.15) is 0 Å². The molecule has 0 radical (unpaired) electrons. The summed E-state index contributed by atoms with van der Waals surface area (Å²) in [7, 11) is 0. The minimum atomic E-state index is -0.546. The van der Waals surface area contributed by atoms with Crippen LogP contribution in [0.4, 0.5) is 10.1 Å². The number of fused-ring (bicyclic) bond motifs is 2. The lowest BCUT2D eigenvalue weighted by Gasteiger charge is -2.21. The Labute approximate surface area is 185 Å². The van der Waals surface area contributed by atoms with Gasteiger partial charge >= 0.3 is 0 Å². The monoisotopic (exact) mass is 438 g/mol. The number of halogens is 2. The van der Waals surface area contributed by atoms with E-state index in [0.717, 1.165) is 36.6 Å². The first-order valence-corrected chi connectivity index (χ1v) is 11.1. The van der Waals surface area contributed by atoms with Gasteiger partial charge in [-0.3, -0.25) is 9.78 Å². The van der Waals surface area contributed by atoms with Crippen LogP contribution in [0.2, 0.25) is 5.15 Å². The van der Waals surface area contributed by atoms with Crippen LogP contribution in [-0.4, -0.2) is 21.9 Å². The summed E-state index contributed by atoms with van der Waals surface area (Å²) in [5.74, 6) is 1.25. The Morgan fingerprint density at radius 1 is 1.10 bits per heavy atom. The van der Waals surface area contributed by atoms with Gasteiger partial charge in [-0.25, -0.2) is 9.37 Å². The van der Waals surface area contributed by atoms with Crippen molar-refractivity contribution in [3.63, 3.8) is 0 Å². The van der Waals surface area contributed by atoms with Gasteiger partial charge in [0.15, 0.2) is 0 Å². The van der Waals surface area contributed by atoms with E-state index in [0.29, 0.717) is 28.6 Å². The molecule has 0 spiro atoms. The normalized spacial score (nSPS) is 26.0. The summed E-state index contributed by atoms with van der Waals surface area (Å²) in [5, 5.41) is 4.14. The van der Waals surface area contributed by atoms with Crippen molar-refractivity contribution in [1.82, 2.24) is 9.97 Å². The molecule has 31 heavy (non-hydrogen) atoms. The first-order valence-electron chi connectivity index (χ1n) is 10.7. The predicted octanol–water partition coefficient (Wildman–Crippen LogP) is 4.91. The van der Waals surface area contributed by atoms with Crippen molar-refractivity contribution >= 4 is 34.1 Å². The molecular formula is C24H24ClFN4O. The van der Waals surface area contributed by atoms with Crippen LogP contribution in [0.3, 0.4) is 0 Å². The highest BCUT2D eigenvalue weighted by Crippen LogP contribution is 2.53. The van der Waals surface area contributed by atoms with Gasteiger partial charge < -0.3 is 11.1 Å². The van der Waals surface area contributed by atoms with Crippen molar-refractivity contribution in [3.05, 3.63) is 65.3 Å². The number of hydrogen-bond donors (Lipinski definition) is 2. The highest BCUT2D eigenvalue weighted by molar-refractivity contribution is 6.29. The van der Waals surface area contributed by atoms with E-state index in [4.69, 9.17) is 17.3 Å². The number of nitrogens with zero attached hydrogens (tertiary/aromatic N) is 2. The topological polar surface area (TPSA) is 80.9 Å². The Bertz CT molecular complexity index is 1110. The zero-order valence-electron chi connectivity index (χ0n) is 17.0. The van der Waals surface area contributed by atoms with Gasteiger partial charge in [0.2, 0.25) is 5.91 Å². The molecule has 3 N–H and O–H groups in total. The highest BCUT2D eigenvalue weighted by atomic mass is 35.5. The molecule has 5 rings (SSSR count). The van der Waals surface area contributed by atoms with E-state index in [1.54, 1.807) is 24.3 Å². The number of aromatic nitrogens is 2. The molecule has 2 heterocycles. The highest BCUT2D eigenvalue weighted by Gasteiger charge is 2.45. The number of hydrogen-bond acceptors (Lipinski definition) is 4. The lowest BCUT2D eigenvalue weighted by molar-refractivity contribution is -0.118. The molecule has 5 atom stereocenters. The summed E-state index contributed by atoms with van der Waals surface area (Å²) in [4.78, 5) is 21.0. The van der Waals surface area contributed by atoms with Gasteiger partial charge in [0.1, 0.15) is 11.0 Å². The standard InChI is InChI=1S/C24H24ClFN4O/c25-22-4-2-18(12-29-22)30-24(31)23(27)16-9-13-7-15(8-14(13)10-16)19-5-6-28-21-3-1-17(26)11-20(19)21/h1-6,11-16,23H,7-10,27H2,(H,30,31)/t13-,14?,15?,16?,23?/m1/s1. The molecule has 2 fully saturated rings. The molecular weight excluding hydrogens is 415 g/mol. The number of amides is 1. The Hall–Kier alpha value is -2.57.